The van der Waals surface area contributed by atoms with Crippen molar-refractivity contribution in [1.29, 1.82) is 0 Å². The van der Waals surface area contributed by atoms with Crippen molar-refractivity contribution in [2.75, 3.05) is 13.6 Å². The quantitative estimate of drug-likeness (QED) is 0.797. The Bertz CT molecular complexity index is 350. The van der Waals surface area contributed by atoms with Gasteiger partial charge in [0.15, 0.2) is 0 Å². The molecular formula is C12H18F2N2O. The second-order valence-corrected chi connectivity index (χ2v) is 4.61. The van der Waals surface area contributed by atoms with Gasteiger partial charge in [0, 0.05) is 18.2 Å². The van der Waals surface area contributed by atoms with E-state index >= 15 is 0 Å². The smallest absolute Gasteiger partial charge is 0.251 e. The lowest BCUT2D eigenvalue weighted by molar-refractivity contribution is 0.0973. The Balaban J connectivity index is 1.83. The van der Waals surface area contributed by atoms with Crippen LogP contribution in [0.1, 0.15) is 24.2 Å². The topological polar surface area (TPSA) is 28.4 Å². The molecule has 0 radical (unpaired) electrons. The van der Waals surface area contributed by atoms with Crippen molar-refractivity contribution in [2.45, 2.75) is 38.4 Å². The van der Waals surface area contributed by atoms with E-state index in [0.717, 1.165) is 11.3 Å². The molecule has 5 heteroatoms. The van der Waals surface area contributed by atoms with Gasteiger partial charge in [0.25, 0.3) is 6.43 Å². The van der Waals surface area contributed by atoms with Crippen LogP contribution in [0.4, 0.5) is 8.78 Å². The monoisotopic (exact) mass is 244 g/mol. The van der Waals surface area contributed by atoms with Crippen LogP contribution < -0.4 is 5.32 Å². The van der Waals surface area contributed by atoms with Gasteiger partial charge in [-0.3, -0.25) is 4.90 Å². The highest BCUT2D eigenvalue weighted by molar-refractivity contribution is 5.17. The molecule has 3 nitrogen and oxygen atoms in total. The summed E-state index contributed by atoms with van der Waals surface area (Å²) in [6.07, 6.45) is 1.78. The molecule has 0 spiro atoms. The number of furan rings is 1. The summed E-state index contributed by atoms with van der Waals surface area (Å²) in [5.41, 5.74) is 0.987. The molecule has 0 unspecified atom stereocenters. The van der Waals surface area contributed by atoms with Gasteiger partial charge in [0.1, 0.15) is 5.76 Å². The molecule has 0 saturated heterocycles. The van der Waals surface area contributed by atoms with E-state index in [-0.39, 0.29) is 6.54 Å². The summed E-state index contributed by atoms with van der Waals surface area (Å²) in [4.78, 5) is 1.61. The van der Waals surface area contributed by atoms with E-state index in [1.807, 2.05) is 6.07 Å². The Hall–Kier alpha value is -0.940. The maximum atomic E-state index is 12.2. The van der Waals surface area contributed by atoms with E-state index in [4.69, 9.17) is 4.42 Å². The molecule has 17 heavy (non-hydrogen) atoms. The molecule has 2 rings (SSSR count). The number of halogens is 2. The van der Waals surface area contributed by atoms with Crippen molar-refractivity contribution >= 4 is 0 Å². The van der Waals surface area contributed by atoms with Gasteiger partial charge in [-0.25, -0.2) is 8.78 Å². The summed E-state index contributed by atoms with van der Waals surface area (Å²) < 4.78 is 29.8. The van der Waals surface area contributed by atoms with Crippen molar-refractivity contribution in [3.63, 3.8) is 0 Å². The first-order chi connectivity index (χ1) is 8.15. The SMILES string of the molecule is CN(Cc1ccoc1CNC1CC1)CC(F)F. The standard InChI is InChI=1S/C12H18F2N2O/c1-16(8-12(13)14)7-9-4-5-17-11(9)6-15-10-2-3-10/h4-5,10,12,15H,2-3,6-8H2,1H3. The van der Waals surface area contributed by atoms with Crippen molar-refractivity contribution in [3.05, 3.63) is 23.7 Å². The van der Waals surface area contributed by atoms with Crippen LogP contribution in [0, 0.1) is 0 Å². The molecule has 1 N–H and O–H groups in total. The van der Waals surface area contributed by atoms with Gasteiger partial charge < -0.3 is 9.73 Å². The molecule has 0 atom stereocenters. The first kappa shape index (κ1) is 12.5. The second-order valence-electron chi connectivity index (χ2n) is 4.61. The van der Waals surface area contributed by atoms with Crippen molar-refractivity contribution in [1.82, 2.24) is 10.2 Å². The Morgan fingerprint density at radius 2 is 2.29 bits per heavy atom. The van der Waals surface area contributed by atoms with Crippen LogP contribution in [-0.4, -0.2) is 31.0 Å². The van der Waals surface area contributed by atoms with E-state index in [1.165, 1.54) is 12.8 Å². The predicted octanol–water partition coefficient (Wildman–Crippen LogP) is 2.23. The minimum atomic E-state index is -2.29. The highest BCUT2D eigenvalue weighted by Crippen LogP contribution is 2.20. The van der Waals surface area contributed by atoms with Gasteiger partial charge >= 0.3 is 0 Å². The third-order valence-electron chi connectivity index (χ3n) is 2.86. The fraction of sp³-hybridized carbons (Fsp3) is 0.667. The van der Waals surface area contributed by atoms with Gasteiger partial charge in [0.05, 0.1) is 19.4 Å². The zero-order chi connectivity index (χ0) is 12.3. The molecule has 1 fully saturated rings. The summed E-state index contributed by atoms with van der Waals surface area (Å²) >= 11 is 0. The largest absolute Gasteiger partial charge is 0.468 e. The van der Waals surface area contributed by atoms with Gasteiger partial charge in [-0.15, -0.1) is 0 Å². The molecule has 1 aromatic rings. The molecule has 1 aromatic heterocycles. The first-order valence-electron chi connectivity index (χ1n) is 5.90. The van der Waals surface area contributed by atoms with E-state index < -0.39 is 6.43 Å². The molecule has 0 amide bonds. The van der Waals surface area contributed by atoms with Crippen molar-refractivity contribution < 1.29 is 13.2 Å². The van der Waals surface area contributed by atoms with Crippen LogP contribution in [0.5, 0.6) is 0 Å². The predicted molar refractivity (Wildman–Crippen MR) is 60.9 cm³/mol. The third-order valence-corrected chi connectivity index (χ3v) is 2.86. The summed E-state index contributed by atoms with van der Waals surface area (Å²) in [5.74, 6) is 0.859. The number of rotatable bonds is 7. The van der Waals surface area contributed by atoms with Gasteiger partial charge in [-0.1, -0.05) is 0 Å². The number of hydrogen-bond donors (Lipinski definition) is 1. The zero-order valence-corrected chi connectivity index (χ0v) is 9.96. The van der Waals surface area contributed by atoms with E-state index in [9.17, 15) is 8.78 Å². The third kappa shape index (κ3) is 4.09. The maximum absolute atomic E-state index is 12.2. The van der Waals surface area contributed by atoms with Crippen LogP contribution in [-0.2, 0) is 13.1 Å². The average Bonchev–Trinajstić information content (AvgIpc) is 2.96. The highest BCUT2D eigenvalue weighted by Gasteiger charge is 2.21. The van der Waals surface area contributed by atoms with Crippen LogP contribution >= 0.6 is 0 Å². The molecular weight excluding hydrogens is 226 g/mol. The summed E-state index contributed by atoms with van der Waals surface area (Å²) in [6, 6.07) is 2.47. The van der Waals surface area contributed by atoms with E-state index in [0.29, 0.717) is 19.1 Å². The maximum Gasteiger partial charge on any atom is 0.251 e. The van der Waals surface area contributed by atoms with Crippen molar-refractivity contribution in [3.8, 4) is 0 Å². The summed E-state index contributed by atoms with van der Waals surface area (Å²) in [6.45, 7) is 0.985. The fourth-order valence-corrected chi connectivity index (χ4v) is 1.78. The van der Waals surface area contributed by atoms with Crippen LogP contribution in [0.2, 0.25) is 0 Å². The lowest BCUT2D eigenvalue weighted by atomic mass is 10.2. The number of nitrogens with one attached hydrogen (secondary N) is 1. The fourth-order valence-electron chi connectivity index (χ4n) is 1.78. The molecule has 1 aliphatic carbocycles. The molecule has 1 saturated carbocycles. The molecule has 0 aromatic carbocycles. The Morgan fingerprint density at radius 1 is 1.53 bits per heavy atom. The second kappa shape index (κ2) is 5.60. The van der Waals surface area contributed by atoms with Crippen LogP contribution in [0.3, 0.4) is 0 Å². The van der Waals surface area contributed by atoms with Gasteiger partial charge in [-0.05, 0) is 26.0 Å². The molecule has 0 aliphatic heterocycles. The number of alkyl halides is 2. The Kier molecular flexibility index (Phi) is 4.12. The summed E-state index contributed by atoms with van der Waals surface area (Å²) in [5, 5.41) is 3.35. The van der Waals surface area contributed by atoms with Gasteiger partial charge in [0.2, 0.25) is 0 Å². The molecule has 0 bridgehead atoms. The lowest BCUT2D eigenvalue weighted by Crippen LogP contribution is -2.25. The average molecular weight is 244 g/mol. The first-order valence-corrected chi connectivity index (χ1v) is 5.90. The normalized spacial score (nSPS) is 16.1. The minimum Gasteiger partial charge on any atom is -0.468 e. The Morgan fingerprint density at radius 3 is 2.94 bits per heavy atom. The minimum absolute atomic E-state index is 0.208. The lowest BCUT2D eigenvalue weighted by Gasteiger charge is -2.15. The summed E-state index contributed by atoms with van der Waals surface area (Å²) in [7, 11) is 1.69. The van der Waals surface area contributed by atoms with Crippen LogP contribution in [0.25, 0.3) is 0 Å². The Labute approximate surface area is 99.8 Å². The highest BCUT2D eigenvalue weighted by atomic mass is 19.3. The zero-order valence-electron chi connectivity index (χ0n) is 9.96. The van der Waals surface area contributed by atoms with Gasteiger partial charge in [-0.2, -0.15) is 0 Å². The molecule has 1 heterocycles. The van der Waals surface area contributed by atoms with Crippen molar-refractivity contribution in [2.24, 2.45) is 0 Å². The van der Waals surface area contributed by atoms with E-state index in [2.05, 4.69) is 5.32 Å². The molecule has 96 valence electrons. The number of hydrogen-bond acceptors (Lipinski definition) is 3. The van der Waals surface area contributed by atoms with E-state index in [1.54, 1.807) is 18.2 Å². The van der Waals surface area contributed by atoms with Crippen LogP contribution in [0.15, 0.2) is 16.7 Å². The molecule has 1 aliphatic rings. The number of nitrogens with zero attached hydrogens (tertiary/aromatic N) is 1.